The van der Waals surface area contributed by atoms with Crippen LogP contribution in [0.15, 0.2) is 16.9 Å². The molecular formula is C7H4BrF3N2O. The Morgan fingerprint density at radius 1 is 1.43 bits per heavy atom. The Labute approximate surface area is 85.2 Å². The lowest BCUT2D eigenvalue weighted by atomic mass is 10.2. The number of amides is 1. The van der Waals surface area contributed by atoms with Crippen LogP contribution in [-0.4, -0.2) is 10.9 Å². The molecule has 1 aromatic heterocycles. The molecule has 0 bridgehead atoms. The third kappa shape index (κ3) is 2.03. The van der Waals surface area contributed by atoms with Gasteiger partial charge in [-0.1, -0.05) is 0 Å². The van der Waals surface area contributed by atoms with Gasteiger partial charge in [-0.2, -0.15) is 13.2 Å². The number of rotatable bonds is 1. The smallest absolute Gasteiger partial charge is 0.366 e. The molecule has 1 heterocycles. The van der Waals surface area contributed by atoms with Crippen LogP contribution in [0.4, 0.5) is 13.2 Å². The number of nitrogens with two attached hydrogens (primary N) is 1. The van der Waals surface area contributed by atoms with Crippen LogP contribution < -0.4 is 5.73 Å². The maximum Gasteiger partial charge on any atom is 0.419 e. The van der Waals surface area contributed by atoms with Crippen LogP contribution in [0.5, 0.6) is 0 Å². The third-order valence-corrected chi connectivity index (χ3v) is 2.31. The van der Waals surface area contributed by atoms with Gasteiger partial charge in [0.15, 0.2) is 0 Å². The van der Waals surface area contributed by atoms with E-state index >= 15 is 0 Å². The van der Waals surface area contributed by atoms with Gasteiger partial charge in [0, 0.05) is 16.9 Å². The molecule has 0 aliphatic heterocycles. The number of carbonyl (C=O) groups is 1. The van der Waals surface area contributed by atoms with Gasteiger partial charge >= 0.3 is 6.18 Å². The summed E-state index contributed by atoms with van der Waals surface area (Å²) in [6.07, 6.45) is -2.96. The molecule has 0 unspecified atom stereocenters. The summed E-state index contributed by atoms with van der Waals surface area (Å²) in [5.74, 6) is -0.963. The molecule has 76 valence electrons. The Hall–Kier alpha value is -1.11. The number of hydrogen-bond acceptors (Lipinski definition) is 2. The standard InChI is InChI=1S/C7H4BrF3N2O/c8-5-3(6(12)14)1-13-2-4(5)7(9,10)11/h1-2H,(H2,12,14). The lowest BCUT2D eigenvalue weighted by Gasteiger charge is -2.09. The Morgan fingerprint density at radius 2 is 2.00 bits per heavy atom. The minimum Gasteiger partial charge on any atom is -0.366 e. The number of alkyl halides is 3. The second-order valence-electron chi connectivity index (χ2n) is 2.41. The normalized spacial score (nSPS) is 11.4. The summed E-state index contributed by atoms with van der Waals surface area (Å²) >= 11 is 2.66. The Balaban J connectivity index is 3.35. The molecular weight excluding hydrogens is 265 g/mol. The van der Waals surface area contributed by atoms with Crippen LogP contribution in [0.2, 0.25) is 0 Å². The highest BCUT2D eigenvalue weighted by molar-refractivity contribution is 9.10. The van der Waals surface area contributed by atoms with Gasteiger partial charge in [-0.15, -0.1) is 0 Å². The highest BCUT2D eigenvalue weighted by atomic mass is 79.9. The van der Waals surface area contributed by atoms with Crippen molar-refractivity contribution < 1.29 is 18.0 Å². The third-order valence-electron chi connectivity index (χ3n) is 1.45. The minimum absolute atomic E-state index is 0.292. The van der Waals surface area contributed by atoms with E-state index in [1.54, 1.807) is 0 Å². The number of primary amides is 1. The molecule has 3 nitrogen and oxygen atoms in total. The fourth-order valence-electron chi connectivity index (χ4n) is 0.814. The largest absolute Gasteiger partial charge is 0.419 e. The summed E-state index contributed by atoms with van der Waals surface area (Å²) in [4.78, 5) is 14.0. The first-order valence-electron chi connectivity index (χ1n) is 3.34. The molecule has 1 aromatic rings. The lowest BCUT2D eigenvalue weighted by molar-refractivity contribution is -0.138. The van der Waals surface area contributed by atoms with Crippen LogP contribution in [0.1, 0.15) is 15.9 Å². The van der Waals surface area contributed by atoms with E-state index in [-0.39, 0.29) is 10.0 Å². The molecule has 0 aromatic carbocycles. The number of nitrogens with zero attached hydrogens (tertiary/aromatic N) is 1. The van der Waals surface area contributed by atoms with Crippen LogP contribution in [0, 0.1) is 0 Å². The zero-order valence-electron chi connectivity index (χ0n) is 6.60. The summed E-state index contributed by atoms with van der Waals surface area (Å²) in [5, 5.41) is 0. The van der Waals surface area contributed by atoms with Crippen LogP contribution in [0.25, 0.3) is 0 Å². The van der Waals surface area contributed by atoms with Gasteiger partial charge in [0.05, 0.1) is 11.1 Å². The van der Waals surface area contributed by atoms with E-state index in [0.29, 0.717) is 6.20 Å². The summed E-state index contributed by atoms with van der Waals surface area (Å²) in [6.45, 7) is 0. The average Bonchev–Trinajstić information content (AvgIpc) is 2.01. The number of halogens is 4. The molecule has 2 N–H and O–H groups in total. The van der Waals surface area contributed by atoms with E-state index in [4.69, 9.17) is 5.73 Å². The van der Waals surface area contributed by atoms with Crippen molar-refractivity contribution in [3.05, 3.63) is 28.0 Å². The summed E-state index contributed by atoms with van der Waals surface area (Å²) in [5.41, 5.74) is 3.54. The van der Waals surface area contributed by atoms with E-state index in [2.05, 4.69) is 20.9 Å². The SMILES string of the molecule is NC(=O)c1cncc(C(F)(F)F)c1Br. The Morgan fingerprint density at radius 3 is 2.43 bits per heavy atom. The van der Waals surface area contributed by atoms with Crippen molar-refractivity contribution in [3.63, 3.8) is 0 Å². The molecule has 0 saturated carbocycles. The highest BCUT2D eigenvalue weighted by Crippen LogP contribution is 2.35. The fraction of sp³-hybridized carbons (Fsp3) is 0.143. The van der Waals surface area contributed by atoms with Gasteiger partial charge in [-0.05, 0) is 15.9 Å². The number of carbonyl (C=O) groups excluding carboxylic acids is 1. The Bertz CT molecular complexity index is 378. The van der Waals surface area contributed by atoms with Crippen molar-refractivity contribution in [1.29, 1.82) is 0 Å². The molecule has 0 saturated heterocycles. The first-order valence-corrected chi connectivity index (χ1v) is 4.14. The topological polar surface area (TPSA) is 56.0 Å². The molecule has 0 spiro atoms. The fourth-order valence-corrected chi connectivity index (χ4v) is 1.44. The highest BCUT2D eigenvalue weighted by Gasteiger charge is 2.34. The summed E-state index contributed by atoms with van der Waals surface area (Å²) < 4.78 is 36.4. The molecule has 0 aliphatic carbocycles. The van der Waals surface area contributed by atoms with Crippen molar-refractivity contribution in [1.82, 2.24) is 4.98 Å². The van der Waals surface area contributed by atoms with Gasteiger partial charge in [0.25, 0.3) is 5.91 Å². The second-order valence-corrected chi connectivity index (χ2v) is 3.20. The van der Waals surface area contributed by atoms with Gasteiger partial charge in [-0.3, -0.25) is 9.78 Å². The molecule has 1 amide bonds. The quantitative estimate of drug-likeness (QED) is 0.847. The van der Waals surface area contributed by atoms with E-state index in [0.717, 1.165) is 6.20 Å². The number of aromatic nitrogens is 1. The average molecular weight is 269 g/mol. The van der Waals surface area contributed by atoms with E-state index in [9.17, 15) is 18.0 Å². The van der Waals surface area contributed by atoms with Crippen molar-refractivity contribution in [3.8, 4) is 0 Å². The lowest BCUT2D eigenvalue weighted by Crippen LogP contribution is -2.15. The van der Waals surface area contributed by atoms with Crippen LogP contribution in [0.3, 0.4) is 0 Å². The Kier molecular flexibility index (Phi) is 2.79. The van der Waals surface area contributed by atoms with Crippen LogP contribution in [-0.2, 0) is 6.18 Å². The number of hydrogen-bond donors (Lipinski definition) is 1. The predicted octanol–water partition coefficient (Wildman–Crippen LogP) is 1.96. The molecule has 14 heavy (non-hydrogen) atoms. The minimum atomic E-state index is -4.56. The first-order chi connectivity index (χ1) is 6.34. The molecule has 0 atom stereocenters. The maximum absolute atomic E-state index is 12.3. The van der Waals surface area contributed by atoms with Gasteiger partial charge < -0.3 is 5.73 Å². The van der Waals surface area contributed by atoms with E-state index in [1.165, 1.54) is 0 Å². The zero-order valence-corrected chi connectivity index (χ0v) is 8.19. The number of pyridine rings is 1. The first kappa shape index (κ1) is 11.0. The van der Waals surface area contributed by atoms with E-state index < -0.39 is 17.6 Å². The predicted molar refractivity (Wildman–Crippen MR) is 45.5 cm³/mol. The van der Waals surface area contributed by atoms with Crippen molar-refractivity contribution in [2.24, 2.45) is 5.73 Å². The maximum atomic E-state index is 12.3. The van der Waals surface area contributed by atoms with E-state index in [1.807, 2.05) is 0 Å². The van der Waals surface area contributed by atoms with Gasteiger partial charge in [-0.25, -0.2) is 0 Å². The summed E-state index contributed by atoms with van der Waals surface area (Å²) in [7, 11) is 0. The molecule has 0 aliphatic rings. The molecule has 1 rings (SSSR count). The van der Waals surface area contributed by atoms with Crippen molar-refractivity contribution >= 4 is 21.8 Å². The second kappa shape index (κ2) is 3.56. The van der Waals surface area contributed by atoms with Crippen molar-refractivity contribution in [2.75, 3.05) is 0 Å². The van der Waals surface area contributed by atoms with Gasteiger partial charge in [0.1, 0.15) is 0 Å². The summed E-state index contributed by atoms with van der Waals surface area (Å²) in [6, 6.07) is 0. The molecule has 7 heteroatoms. The molecule has 0 fully saturated rings. The zero-order chi connectivity index (χ0) is 10.9. The van der Waals surface area contributed by atoms with Crippen LogP contribution >= 0.6 is 15.9 Å². The van der Waals surface area contributed by atoms with Crippen molar-refractivity contribution in [2.45, 2.75) is 6.18 Å². The van der Waals surface area contributed by atoms with Gasteiger partial charge in [0.2, 0.25) is 0 Å². The monoisotopic (exact) mass is 268 g/mol. The molecule has 0 radical (unpaired) electrons.